The Morgan fingerprint density at radius 3 is 2.48 bits per heavy atom. The molecule has 0 aliphatic heterocycles. The first-order valence-corrected chi connectivity index (χ1v) is 6.99. The summed E-state index contributed by atoms with van der Waals surface area (Å²) in [5, 5.41) is 4.71. The molecule has 2 aromatic carbocycles. The van der Waals surface area contributed by atoms with E-state index in [9.17, 15) is 13.6 Å². The molecule has 0 heterocycles. The minimum Gasteiger partial charge on any atom is -0.330 e. The molecule has 3 nitrogen and oxygen atoms in total. The highest BCUT2D eigenvalue weighted by Gasteiger charge is 2.13. The molecule has 0 saturated carbocycles. The number of carbonyl (C=O) groups excluding carboxylic acids is 1. The number of halogens is 3. The summed E-state index contributed by atoms with van der Waals surface area (Å²) in [6.45, 7) is 0. The Bertz CT molecular complexity index is 709. The van der Waals surface area contributed by atoms with Crippen molar-refractivity contribution in [3.63, 3.8) is 0 Å². The summed E-state index contributed by atoms with van der Waals surface area (Å²) in [5.41, 5.74) is -0.0324. The van der Waals surface area contributed by atoms with Crippen LogP contribution < -0.4 is 10.6 Å². The molecule has 108 valence electrons. The van der Waals surface area contributed by atoms with Crippen LogP contribution >= 0.6 is 28.1 Å². The number of benzene rings is 2. The van der Waals surface area contributed by atoms with Crippen LogP contribution in [0.4, 0.5) is 14.5 Å². The van der Waals surface area contributed by atoms with Crippen LogP contribution in [0.25, 0.3) is 0 Å². The number of amides is 1. The summed E-state index contributed by atoms with van der Waals surface area (Å²) in [5.74, 6) is -1.90. The van der Waals surface area contributed by atoms with Crippen molar-refractivity contribution in [3.8, 4) is 0 Å². The van der Waals surface area contributed by atoms with Crippen LogP contribution in [0.1, 0.15) is 10.4 Å². The molecule has 2 rings (SSSR count). The van der Waals surface area contributed by atoms with E-state index < -0.39 is 17.5 Å². The molecule has 2 N–H and O–H groups in total. The van der Waals surface area contributed by atoms with Crippen molar-refractivity contribution >= 4 is 44.9 Å². The van der Waals surface area contributed by atoms with E-state index in [4.69, 9.17) is 12.2 Å². The van der Waals surface area contributed by atoms with Crippen LogP contribution in [-0.4, -0.2) is 11.0 Å². The van der Waals surface area contributed by atoms with Gasteiger partial charge >= 0.3 is 0 Å². The van der Waals surface area contributed by atoms with Crippen molar-refractivity contribution in [2.24, 2.45) is 0 Å². The average molecular weight is 371 g/mol. The van der Waals surface area contributed by atoms with E-state index in [1.807, 2.05) is 0 Å². The van der Waals surface area contributed by atoms with Crippen LogP contribution in [-0.2, 0) is 0 Å². The number of nitrogens with one attached hydrogen (secondary N) is 2. The third-order valence-corrected chi connectivity index (χ3v) is 3.22. The van der Waals surface area contributed by atoms with E-state index in [0.29, 0.717) is 4.47 Å². The van der Waals surface area contributed by atoms with Gasteiger partial charge in [0.25, 0.3) is 5.91 Å². The molecule has 2 aromatic rings. The van der Waals surface area contributed by atoms with E-state index >= 15 is 0 Å². The molecule has 0 radical (unpaired) electrons. The fourth-order valence-corrected chi connectivity index (χ4v) is 2.10. The first-order valence-electron chi connectivity index (χ1n) is 5.79. The predicted molar refractivity (Wildman–Crippen MR) is 84.2 cm³/mol. The van der Waals surface area contributed by atoms with Gasteiger partial charge in [-0.05, 0) is 42.5 Å². The first kappa shape index (κ1) is 15.5. The van der Waals surface area contributed by atoms with Gasteiger partial charge in [0.1, 0.15) is 11.6 Å². The number of hydrogen-bond donors (Lipinski definition) is 2. The molecule has 0 saturated heterocycles. The third-order valence-electron chi connectivity index (χ3n) is 2.52. The Hall–Kier alpha value is -1.86. The molecule has 1 amide bonds. The van der Waals surface area contributed by atoms with Gasteiger partial charge in [-0.15, -0.1) is 0 Å². The van der Waals surface area contributed by atoms with Crippen LogP contribution in [0.2, 0.25) is 0 Å². The second-order valence-corrected chi connectivity index (χ2v) is 5.34. The van der Waals surface area contributed by atoms with Crippen LogP contribution in [0.5, 0.6) is 0 Å². The Balaban J connectivity index is 2.05. The zero-order chi connectivity index (χ0) is 15.4. The highest BCUT2D eigenvalue weighted by Crippen LogP contribution is 2.19. The molecule has 0 atom stereocenters. The largest absolute Gasteiger partial charge is 0.330 e. The summed E-state index contributed by atoms with van der Waals surface area (Å²) in [7, 11) is 0. The van der Waals surface area contributed by atoms with Crippen LogP contribution in [0.3, 0.4) is 0 Å². The van der Waals surface area contributed by atoms with E-state index in [1.54, 1.807) is 6.07 Å². The predicted octanol–water partition coefficient (Wildman–Crippen LogP) is 3.85. The SMILES string of the molecule is O=C(NC(=S)Nc1ccc(Br)cc1F)c1ccccc1F. The van der Waals surface area contributed by atoms with E-state index in [0.717, 1.165) is 0 Å². The molecule has 0 aromatic heterocycles. The monoisotopic (exact) mass is 370 g/mol. The maximum Gasteiger partial charge on any atom is 0.260 e. The first-order chi connectivity index (χ1) is 9.97. The Labute approximate surface area is 133 Å². The van der Waals surface area contributed by atoms with Gasteiger partial charge in [0.05, 0.1) is 11.3 Å². The van der Waals surface area contributed by atoms with Gasteiger partial charge in [0.15, 0.2) is 5.11 Å². The number of carbonyl (C=O) groups is 1. The van der Waals surface area contributed by atoms with Gasteiger partial charge in [0, 0.05) is 4.47 Å². The molecule has 7 heteroatoms. The number of rotatable bonds is 2. The van der Waals surface area contributed by atoms with E-state index in [-0.39, 0.29) is 16.4 Å². The van der Waals surface area contributed by atoms with Crippen LogP contribution in [0, 0.1) is 11.6 Å². The molecular weight excluding hydrogens is 362 g/mol. The molecule has 0 unspecified atom stereocenters. The summed E-state index contributed by atoms with van der Waals surface area (Å²) in [6.07, 6.45) is 0. The average Bonchev–Trinajstić information content (AvgIpc) is 2.42. The van der Waals surface area contributed by atoms with E-state index in [2.05, 4.69) is 26.6 Å². The fourth-order valence-electron chi connectivity index (χ4n) is 1.56. The van der Waals surface area contributed by atoms with Crippen LogP contribution in [0.15, 0.2) is 46.9 Å². The van der Waals surface area contributed by atoms with Gasteiger partial charge in [-0.3, -0.25) is 10.1 Å². The fraction of sp³-hybridized carbons (Fsp3) is 0. The Morgan fingerprint density at radius 1 is 1.10 bits per heavy atom. The normalized spacial score (nSPS) is 10.0. The lowest BCUT2D eigenvalue weighted by Crippen LogP contribution is -2.34. The second kappa shape index (κ2) is 6.73. The van der Waals surface area contributed by atoms with Crippen molar-refractivity contribution in [3.05, 3.63) is 64.1 Å². The molecule has 0 fully saturated rings. The number of thiocarbonyl (C=S) groups is 1. The zero-order valence-corrected chi connectivity index (χ0v) is 12.9. The van der Waals surface area contributed by atoms with Crippen molar-refractivity contribution in [2.45, 2.75) is 0 Å². The van der Waals surface area contributed by atoms with Gasteiger partial charge in [0.2, 0.25) is 0 Å². The Morgan fingerprint density at radius 2 is 1.81 bits per heavy atom. The third kappa shape index (κ3) is 4.05. The van der Waals surface area contributed by atoms with Gasteiger partial charge < -0.3 is 5.32 Å². The topological polar surface area (TPSA) is 41.1 Å². The molecule has 0 spiro atoms. The van der Waals surface area contributed by atoms with Gasteiger partial charge in [-0.25, -0.2) is 8.78 Å². The smallest absolute Gasteiger partial charge is 0.260 e. The minimum absolute atomic E-state index is 0.108. The highest BCUT2D eigenvalue weighted by molar-refractivity contribution is 9.10. The number of anilines is 1. The van der Waals surface area contributed by atoms with Crippen molar-refractivity contribution in [1.82, 2.24) is 5.32 Å². The van der Waals surface area contributed by atoms with Crippen molar-refractivity contribution in [2.75, 3.05) is 5.32 Å². The lowest BCUT2D eigenvalue weighted by Gasteiger charge is -2.10. The minimum atomic E-state index is -0.705. The van der Waals surface area contributed by atoms with Crippen molar-refractivity contribution < 1.29 is 13.6 Å². The molecule has 21 heavy (non-hydrogen) atoms. The molecule has 0 aliphatic carbocycles. The summed E-state index contributed by atoms with van der Waals surface area (Å²) >= 11 is 8.03. The highest BCUT2D eigenvalue weighted by atomic mass is 79.9. The summed E-state index contributed by atoms with van der Waals surface area (Å²) in [4.78, 5) is 11.8. The maximum atomic E-state index is 13.6. The van der Waals surface area contributed by atoms with E-state index in [1.165, 1.54) is 36.4 Å². The quantitative estimate of drug-likeness (QED) is 0.788. The molecule has 0 bridgehead atoms. The van der Waals surface area contributed by atoms with Crippen molar-refractivity contribution in [1.29, 1.82) is 0 Å². The zero-order valence-electron chi connectivity index (χ0n) is 10.5. The lowest BCUT2D eigenvalue weighted by atomic mass is 10.2. The molecule has 0 aliphatic rings. The molecular formula is C14H9BrF2N2OS. The summed E-state index contributed by atoms with van der Waals surface area (Å²) < 4.78 is 27.6. The second-order valence-electron chi connectivity index (χ2n) is 4.01. The summed E-state index contributed by atoms with van der Waals surface area (Å²) in [6, 6.07) is 9.83. The number of hydrogen-bond acceptors (Lipinski definition) is 2. The van der Waals surface area contributed by atoms with Gasteiger partial charge in [-0.2, -0.15) is 0 Å². The Kier molecular flexibility index (Phi) is 4.98. The standard InChI is InChI=1S/C14H9BrF2N2OS/c15-8-5-6-12(11(17)7-8)18-14(21)19-13(20)9-3-1-2-4-10(9)16/h1-7H,(H2,18,19,20,21). The lowest BCUT2D eigenvalue weighted by molar-refractivity contribution is 0.0974. The maximum absolute atomic E-state index is 13.6. The van der Waals surface area contributed by atoms with Gasteiger partial charge in [-0.1, -0.05) is 28.1 Å².